The third-order valence-electron chi connectivity index (χ3n) is 12.4. The van der Waals surface area contributed by atoms with Crippen LogP contribution in [-0.2, 0) is 6.42 Å². The molecule has 58 heavy (non-hydrogen) atoms. The van der Waals surface area contributed by atoms with Gasteiger partial charge in [0, 0.05) is 60.3 Å². The van der Waals surface area contributed by atoms with Gasteiger partial charge in [-0.3, -0.25) is 0 Å². The Morgan fingerprint density at radius 2 is 0.914 bits per heavy atom. The summed E-state index contributed by atoms with van der Waals surface area (Å²) in [6.07, 6.45) is 6.65. The molecule has 0 fully saturated rings. The van der Waals surface area contributed by atoms with Crippen molar-refractivity contribution in [3.05, 3.63) is 187 Å². The fourth-order valence-corrected chi connectivity index (χ4v) is 9.69. The Morgan fingerprint density at radius 3 is 1.64 bits per heavy atom. The van der Waals surface area contributed by atoms with Gasteiger partial charge in [0.05, 0.1) is 16.6 Å². The molecule has 1 aliphatic rings. The van der Waals surface area contributed by atoms with Crippen molar-refractivity contribution in [3.8, 4) is 33.6 Å². The van der Waals surface area contributed by atoms with E-state index in [1.165, 1.54) is 55.1 Å². The normalized spacial score (nSPS) is 13.0. The summed E-state index contributed by atoms with van der Waals surface area (Å²) in [6, 6.07) is 61.2. The van der Waals surface area contributed by atoms with Crippen molar-refractivity contribution in [3.63, 3.8) is 0 Å². The second kappa shape index (κ2) is 12.0. The molecule has 4 heteroatoms. The van der Waals surface area contributed by atoms with Gasteiger partial charge < -0.3 is 18.0 Å². The van der Waals surface area contributed by atoms with Gasteiger partial charge in [-0.25, -0.2) is 0 Å². The highest BCUT2D eigenvalue weighted by atomic mass is 16.3. The van der Waals surface area contributed by atoms with E-state index in [0.29, 0.717) is 0 Å². The molecule has 0 N–H and O–H groups in total. The van der Waals surface area contributed by atoms with Gasteiger partial charge in [-0.1, -0.05) is 97.1 Å². The summed E-state index contributed by atoms with van der Waals surface area (Å²) >= 11 is 0. The highest BCUT2D eigenvalue weighted by Crippen LogP contribution is 2.42. The molecular weight excluding hydrogens is 709 g/mol. The van der Waals surface area contributed by atoms with Gasteiger partial charge in [0.25, 0.3) is 0 Å². The second-order valence-corrected chi connectivity index (χ2v) is 15.6. The number of aromatic nitrogens is 2. The molecule has 0 saturated carbocycles. The van der Waals surface area contributed by atoms with Crippen LogP contribution in [0.2, 0.25) is 0 Å². The summed E-state index contributed by atoms with van der Waals surface area (Å²) in [6.45, 7) is 0. The quantitative estimate of drug-likeness (QED) is 0.180. The first-order chi connectivity index (χ1) is 28.7. The third kappa shape index (κ3) is 4.57. The van der Waals surface area contributed by atoms with Crippen LogP contribution in [0.1, 0.15) is 17.7 Å². The molecular formula is C54H34N2O2. The van der Waals surface area contributed by atoms with Gasteiger partial charge in [0.1, 0.15) is 22.3 Å². The molecule has 0 atom stereocenters. The van der Waals surface area contributed by atoms with E-state index >= 15 is 0 Å². The molecule has 4 heterocycles. The Morgan fingerprint density at radius 1 is 0.362 bits per heavy atom. The summed E-state index contributed by atoms with van der Waals surface area (Å²) < 4.78 is 18.0. The Balaban J connectivity index is 0.953. The minimum atomic E-state index is 0.858. The van der Waals surface area contributed by atoms with Crippen LogP contribution in [0.15, 0.2) is 185 Å². The SMILES string of the molecule is C1=Cc2c(n(-c3ccc4oc5cc6c(cc5c4c3)oc3ccc(-c4ccc5c(c4)c4cc(-c7ccccc7)ccc4n5-c4ccccc4)cc36)c3ccccc23)CC1. The fraction of sp³-hybridized carbons (Fsp3) is 0.0370. The average Bonchev–Trinajstić information content (AvgIpc) is 4.02. The lowest BCUT2D eigenvalue weighted by Gasteiger charge is -2.13. The zero-order valence-electron chi connectivity index (χ0n) is 31.4. The molecule has 0 aliphatic heterocycles. The van der Waals surface area contributed by atoms with E-state index in [1.807, 2.05) is 0 Å². The first-order valence-corrected chi connectivity index (χ1v) is 20.0. The molecule has 13 rings (SSSR count). The smallest absolute Gasteiger partial charge is 0.136 e. The maximum absolute atomic E-state index is 6.58. The van der Waals surface area contributed by atoms with Crippen molar-refractivity contribution in [1.29, 1.82) is 0 Å². The lowest BCUT2D eigenvalue weighted by Crippen LogP contribution is -2.02. The predicted molar refractivity (Wildman–Crippen MR) is 240 cm³/mol. The number of para-hydroxylation sites is 2. The topological polar surface area (TPSA) is 36.1 Å². The minimum absolute atomic E-state index is 0.858. The average molecular weight is 743 g/mol. The molecule has 8 aromatic carbocycles. The van der Waals surface area contributed by atoms with Gasteiger partial charge in [-0.15, -0.1) is 0 Å². The lowest BCUT2D eigenvalue weighted by molar-refractivity contribution is 0.664. The van der Waals surface area contributed by atoms with Crippen molar-refractivity contribution in [2.24, 2.45) is 0 Å². The number of hydrogen-bond acceptors (Lipinski definition) is 2. The molecule has 4 aromatic heterocycles. The van der Waals surface area contributed by atoms with E-state index in [-0.39, 0.29) is 0 Å². The molecule has 4 nitrogen and oxygen atoms in total. The Hall–Kier alpha value is -7.56. The van der Waals surface area contributed by atoms with E-state index in [2.05, 4.69) is 191 Å². The highest BCUT2D eigenvalue weighted by molar-refractivity contribution is 6.16. The molecule has 272 valence electrons. The van der Waals surface area contributed by atoms with Crippen molar-refractivity contribution in [1.82, 2.24) is 9.13 Å². The van der Waals surface area contributed by atoms with E-state index in [4.69, 9.17) is 8.83 Å². The van der Waals surface area contributed by atoms with Crippen molar-refractivity contribution in [2.75, 3.05) is 0 Å². The molecule has 0 amide bonds. The van der Waals surface area contributed by atoms with Gasteiger partial charge in [0.2, 0.25) is 0 Å². The summed E-state index contributed by atoms with van der Waals surface area (Å²) in [5.74, 6) is 0. The van der Waals surface area contributed by atoms with E-state index in [9.17, 15) is 0 Å². The summed E-state index contributed by atoms with van der Waals surface area (Å²) in [5.41, 5.74) is 16.8. The molecule has 1 aliphatic carbocycles. The van der Waals surface area contributed by atoms with Gasteiger partial charge in [-0.2, -0.15) is 0 Å². The highest BCUT2D eigenvalue weighted by Gasteiger charge is 2.21. The number of rotatable bonds is 4. The summed E-state index contributed by atoms with van der Waals surface area (Å²) in [4.78, 5) is 0. The van der Waals surface area contributed by atoms with Crippen LogP contribution >= 0.6 is 0 Å². The molecule has 12 aromatic rings. The number of fused-ring (bicyclic) bond motifs is 12. The number of nitrogens with zero attached hydrogens (tertiary/aromatic N) is 2. The third-order valence-corrected chi connectivity index (χ3v) is 12.4. The van der Waals surface area contributed by atoms with E-state index in [0.717, 1.165) is 79.2 Å². The predicted octanol–water partition coefficient (Wildman–Crippen LogP) is 14.8. The summed E-state index contributed by atoms with van der Waals surface area (Å²) in [5, 5.41) is 8.02. The van der Waals surface area contributed by atoms with Crippen molar-refractivity contribution < 1.29 is 8.83 Å². The van der Waals surface area contributed by atoms with Crippen LogP contribution < -0.4 is 0 Å². The first-order valence-electron chi connectivity index (χ1n) is 20.0. The van der Waals surface area contributed by atoms with Crippen LogP contribution in [0.4, 0.5) is 0 Å². The molecule has 0 spiro atoms. The fourth-order valence-electron chi connectivity index (χ4n) is 9.69. The minimum Gasteiger partial charge on any atom is -0.456 e. The van der Waals surface area contributed by atoms with Crippen molar-refractivity contribution >= 4 is 82.7 Å². The second-order valence-electron chi connectivity index (χ2n) is 15.6. The van der Waals surface area contributed by atoms with Crippen LogP contribution in [-0.4, -0.2) is 9.13 Å². The monoisotopic (exact) mass is 742 g/mol. The van der Waals surface area contributed by atoms with Gasteiger partial charge >= 0.3 is 0 Å². The lowest BCUT2D eigenvalue weighted by atomic mass is 9.99. The van der Waals surface area contributed by atoms with Crippen LogP contribution in [0.3, 0.4) is 0 Å². The summed E-state index contributed by atoms with van der Waals surface area (Å²) in [7, 11) is 0. The number of benzene rings is 8. The Bertz CT molecular complexity index is 3670. The Labute approximate surface area is 333 Å². The van der Waals surface area contributed by atoms with Crippen LogP contribution in [0.5, 0.6) is 0 Å². The molecule has 0 unspecified atom stereocenters. The van der Waals surface area contributed by atoms with E-state index < -0.39 is 0 Å². The van der Waals surface area contributed by atoms with E-state index in [1.54, 1.807) is 0 Å². The maximum atomic E-state index is 6.58. The van der Waals surface area contributed by atoms with Crippen LogP contribution in [0, 0.1) is 0 Å². The van der Waals surface area contributed by atoms with Crippen LogP contribution in [0.25, 0.3) is 116 Å². The Kier molecular flexibility index (Phi) is 6.53. The zero-order chi connectivity index (χ0) is 37.9. The molecule has 0 radical (unpaired) electrons. The standard InChI is InChI=1S/C54H34N2O2/c1-3-11-33(12-4-1)34-19-23-49-41(27-34)42-28-35(20-24-50(42)55(49)37-13-5-2-6-14-37)36-21-25-51-43(29-36)45-31-54-46(32-53(45)57-51)44-30-38(22-26-52(44)58-54)56-47-17-9-7-15-39(47)40-16-8-10-18-48(40)56/h1-9,11-17,19-32H,10,18H2. The largest absolute Gasteiger partial charge is 0.456 e. The number of allylic oxidation sites excluding steroid dienone is 1. The maximum Gasteiger partial charge on any atom is 0.136 e. The molecule has 0 bridgehead atoms. The number of furan rings is 2. The van der Waals surface area contributed by atoms with Gasteiger partial charge in [-0.05, 0) is 120 Å². The zero-order valence-corrected chi connectivity index (χ0v) is 31.4. The number of hydrogen-bond donors (Lipinski definition) is 0. The van der Waals surface area contributed by atoms with Crippen molar-refractivity contribution in [2.45, 2.75) is 12.8 Å². The van der Waals surface area contributed by atoms with Gasteiger partial charge in [0.15, 0.2) is 0 Å². The molecule has 0 saturated heterocycles. The first kappa shape index (κ1) is 31.6.